The summed E-state index contributed by atoms with van der Waals surface area (Å²) in [6.07, 6.45) is 0.00112. The summed E-state index contributed by atoms with van der Waals surface area (Å²) in [5, 5.41) is 0. The summed E-state index contributed by atoms with van der Waals surface area (Å²) >= 11 is 0. The van der Waals surface area contributed by atoms with Crippen molar-refractivity contribution >= 4 is 5.69 Å². The number of nitrogen functional groups attached to an aromatic ring is 1. The fourth-order valence-corrected chi connectivity index (χ4v) is 1.70. The molecule has 0 aliphatic heterocycles. The van der Waals surface area contributed by atoms with Gasteiger partial charge in [0.25, 0.3) is 0 Å². The van der Waals surface area contributed by atoms with Gasteiger partial charge in [-0.25, -0.2) is 0 Å². The van der Waals surface area contributed by atoms with Crippen LogP contribution < -0.4 is 10.5 Å². The zero-order valence-corrected chi connectivity index (χ0v) is 10.2. The van der Waals surface area contributed by atoms with Gasteiger partial charge in [0.15, 0.2) is 0 Å². The fraction of sp³-hybridized carbons (Fsp3) is 0.200. The summed E-state index contributed by atoms with van der Waals surface area (Å²) in [6.45, 7) is 4.08. The molecule has 1 atom stereocenters. The molecule has 88 valence electrons. The van der Waals surface area contributed by atoms with Crippen molar-refractivity contribution in [3.63, 3.8) is 0 Å². The Balaban J connectivity index is 2.11. The topological polar surface area (TPSA) is 35.2 Å². The van der Waals surface area contributed by atoms with Crippen LogP contribution in [0.3, 0.4) is 0 Å². The first-order valence-corrected chi connectivity index (χ1v) is 5.74. The Labute approximate surface area is 102 Å². The summed E-state index contributed by atoms with van der Waals surface area (Å²) in [4.78, 5) is 0. The minimum Gasteiger partial charge on any atom is -0.486 e. The van der Waals surface area contributed by atoms with Crippen LogP contribution in [-0.2, 0) is 0 Å². The van der Waals surface area contributed by atoms with E-state index < -0.39 is 0 Å². The predicted octanol–water partition coefficient (Wildman–Crippen LogP) is 3.72. The second-order valence-electron chi connectivity index (χ2n) is 4.24. The van der Waals surface area contributed by atoms with E-state index in [1.807, 2.05) is 55.5 Å². The minimum absolute atomic E-state index is 0.00112. The number of ether oxygens (including phenoxy) is 1. The van der Waals surface area contributed by atoms with Crippen molar-refractivity contribution in [1.82, 2.24) is 0 Å². The molecule has 0 amide bonds. The largest absolute Gasteiger partial charge is 0.486 e. The Morgan fingerprint density at radius 2 is 1.76 bits per heavy atom. The van der Waals surface area contributed by atoms with Crippen LogP contribution >= 0.6 is 0 Å². The summed E-state index contributed by atoms with van der Waals surface area (Å²) in [5.41, 5.74) is 8.84. The molecule has 2 heteroatoms. The molecular weight excluding hydrogens is 210 g/mol. The monoisotopic (exact) mass is 227 g/mol. The first kappa shape index (κ1) is 11.5. The van der Waals surface area contributed by atoms with Crippen molar-refractivity contribution in [3.8, 4) is 5.75 Å². The summed E-state index contributed by atoms with van der Waals surface area (Å²) < 4.78 is 5.85. The van der Waals surface area contributed by atoms with Gasteiger partial charge < -0.3 is 10.5 Å². The first-order chi connectivity index (χ1) is 8.15. The standard InChI is InChI=1S/C15H17NO/c1-11-6-8-15(9-7-11)17-12(2)13-4-3-5-14(16)10-13/h3-10,12H,16H2,1-2H3. The van der Waals surface area contributed by atoms with Crippen LogP contribution in [0.25, 0.3) is 0 Å². The maximum atomic E-state index is 5.85. The molecule has 17 heavy (non-hydrogen) atoms. The summed E-state index contributed by atoms with van der Waals surface area (Å²) in [5.74, 6) is 0.880. The molecule has 0 aliphatic carbocycles. The van der Waals surface area contributed by atoms with Crippen LogP contribution in [-0.4, -0.2) is 0 Å². The molecular formula is C15H17NO. The Morgan fingerprint density at radius 1 is 1.06 bits per heavy atom. The van der Waals surface area contributed by atoms with E-state index in [1.165, 1.54) is 5.56 Å². The van der Waals surface area contributed by atoms with Crippen LogP contribution in [0.2, 0.25) is 0 Å². The average Bonchev–Trinajstić information content (AvgIpc) is 2.32. The highest BCUT2D eigenvalue weighted by Gasteiger charge is 2.07. The molecule has 0 heterocycles. The Morgan fingerprint density at radius 3 is 2.41 bits per heavy atom. The molecule has 2 aromatic rings. The first-order valence-electron chi connectivity index (χ1n) is 5.74. The lowest BCUT2D eigenvalue weighted by Gasteiger charge is -2.15. The van der Waals surface area contributed by atoms with Crippen molar-refractivity contribution in [1.29, 1.82) is 0 Å². The van der Waals surface area contributed by atoms with Crippen molar-refractivity contribution in [3.05, 3.63) is 59.7 Å². The van der Waals surface area contributed by atoms with Gasteiger partial charge in [-0.1, -0.05) is 29.8 Å². The van der Waals surface area contributed by atoms with Gasteiger partial charge in [0.05, 0.1) is 0 Å². The number of aryl methyl sites for hydroxylation is 1. The molecule has 0 radical (unpaired) electrons. The van der Waals surface area contributed by atoms with Crippen molar-refractivity contribution in [2.24, 2.45) is 0 Å². The van der Waals surface area contributed by atoms with Gasteiger partial charge in [0.2, 0.25) is 0 Å². The molecule has 2 N–H and O–H groups in total. The molecule has 0 aromatic heterocycles. The van der Waals surface area contributed by atoms with E-state index in [0.29, 0.717) is 0 Å². The molecule has 0 fully saturated rings. The van der Waals surface area contributed by atoms with E-state index in [4.69, 9.17) is 10.5 Å². The van der Waals surface area contributed by atoms with Crippen LogP contribution in [0.4, 0.5) is 5.69 Å². The molecule has 1 unspecified atom stereocenters. The van der Waals surface area contributed by atoms with Crippen LogP contribution in [0.1, 0.15) is 24.2 Å². The number of nitrogens with two attached hydrogens (primary N) is 1. The lowest BCUT2D eigenvalue weighted by Crippen LogP contribution is -2.03. The number of rotatable bonds is 3. The Bertz CT molecular complexity index is 491. The molecule has 0 aliphatic rings. The van der Waals surface area contributed by atoms with Gasteiger partial charge in [0, 0.05) is 5.69 Å². The predicted molar refractivity (Wildman–Crippen MR) is 71.1 cm³/mol. The van der Waals surface area contributed by atoms with Crippen molar-refractivity contribution < 1.29 is 4.74 Å². The molecule has 0 saturated carbocycles. The molecule has 2 aromatic carbocycles. The number of anilines is 1. The zero-order chi connectivity index (χ0) is 12.3. The van der Waals surface area contributed by atoms with Gasteiger partial charge in [-0.2, -0.15) is 0 Å². The van der Waals surface area contributed by atoms with E-state index in [1.54, 1.807) is 0 Å². The van der Waals surface area contributed by atoms with Gasteiger partial charge in [-0.05, 0) is 43.7 Å². The SMILES string of the molecule is Cc1ccc(OC(C)c2cccc(N)c2)cc1. The minimum atomic E-state index is 0.00112. The normalized spacial score (nSPS) is 12.1. The Hall–Kier alpha value is -1.96. The molecule has 0 saturated heterocycles. The van der Waals surface area contributed by atoms with E-state index >= 15 is 0 Å². The highest BCUT2D eigenvalue weighted by Crippen LogP contribution is 2.22. The maximum Gasteiger partial charge on any atom is 0.121 e. The van der Waals surface area contributed by atoms with Gasteiger partial charge in [-0.3, -0.25) is 0 Å². The maximum absolute atomic E-state index is 5.85. The molecule has 2 nitrogen and oxygen atoms in total. The van der Waals surface area contributed by atoms with Gasteiger partial charge in [-0.15, -0.1) is 0 Å². The van der Waals surface area contributed by atoms with E-state index in [2.05, 4.69) is 6.92 Å². The molecule has 0 bridgehead atoms. The van der Waals surface area contributed by atoms with Crippen molar-refractivity contribution in [2.45, 2.75) is 20.0 Å². The molecule has 2 rings (SSSR count). The van der Waals surface area contributed by atoms with E-state index in [0.717, 1.165) is 17.0 Å². The summed E-state index contributed by atoms with van der Waals surface area (Å²) in [7, 11) is 0. The lowest BCUT2D eigenvalue weighted by molar-refractivity contribution is 0.227. The third kappa shape index (κ3) is 3.00. The lowest BCUT2D eigenvalue weighted by atomic mass is 10.1. The summed E-state index contributed by atoms with van der Waals surface area (Å²) in [6, 6.07) is 15.8. The second kappa shape index (κ2) is 4.91. The number of benzene rings is 2. The van der Waals surface area contributed by atoms with E-state index in [9.17, 15) is 0 Å². The smallest absolute Gasteiger partial charge is 0.121 e. The van der Waals surface area contributed by atoms with Crippen LogP contribution in [0.5, 0.6) is 5.75 Å². The van der Waals surface area contributed by atoms with Crippen LogP contribution in [0, 0.1) is 6.92 Å². The highest BCUT2D eigenvalue weighted by atomic mass is 16.5. The second-order valence-corrected chi connectivity index (χ2v) is 4.24. The molecule has 0 spiro atoms. The number of hydrogen-bond donors (Lipinski definition) is 1. The number of hydrogen-bond acceptors (Lipinski definition) is 2. The highest BCUT2D eigenvalue weighted by molar-refractivity contribution is 5.41. The quantitative estimate of drug-likeness (QED) is 0.811. The Kier molecular flexibility index (Phi) is 3.33. The average molecular weight is 227 g/mol. The third-order valence-corrected chi connectivity index (χ3v) is 2.71. The van der Waals surface area contributed by atoms with E-state index in [-0.39, 0.29) is 6.10 Å². The fourth-order valence-electron chi connectivity index (χ4n) is 1.70. The van der Waals surface area contributed by atoms with Gasteiger partial charge >= 0.3 is 0 Å². The zero-order valence-electron chi connectivity index (χ0n) is 10.2. The van der Waals surface area contributed by atoms with Crippen molar-refractivity contribution in [2.75, 3.05) is 5.73 Å². The third-order valence-electron chi connectivity index (χ3n) is 2.71. The van der Waals surface area contributed by atoms with Gasteiger partial charge in [0.1, 0.15) is 11.9 Å². The van der Waals surface area contributed by atoms with Crippen LogP contribution in [0.15, 0.2) is 48.5 Å².